The van der Waals surface area contributed by atoms with E-state index in [1.165, 1.54) is 5.56 Å². The molecule has 15 heavy (non-hydrogen) atoms. The fraction of sp³-hybridized carbons (Fsp3) is 0.455. The van der Waals surface area contributed by atoms with E-state index >= 15 is 0 Å². The number of nitrogens with one attached hydrogen (secondary N) is 1. The first kappa shape index (κ1) is 13.0. The molecule has 0 atom stereocenters. The van der Waals surface area contributed by atoms with Crippen molar-refractivity contribution in [1.82, 2.24) is 5.32 Å². The van der Waals surface area contributed by atoms with Crippen molar-refractivity contribution in [2.45, 2.75) is 6.42 Å². The number of methoxy groups -OCH3 is 1. The summed E-state index contributed by atoms with van der Waals surface area (Å²) in [6.07, 6.45) is 0.940. The average molecular weight is 293 g/mol. The molecular formula is C11H15BrClNO. The molecule has 0 saturated carbocycles. The van der Waals surface area contributed by atoms with Gasteiger partial charge in [-0.2, -0.15) is 0 Å². The second kappa shape index (κ2) is 7.23. The quantitative estimate of drug-likeness (QED) is 0.814. The van der Waals surface area contributed by atoms with Crippen LogP contribution in [0.2, 0.25) is 5.02 Å². The summed E-state index contributed by atoms with van der Waals surface area (Å²) >= 11 is 9.47. The van der Waals surface area contributed by atoms with Crippen molar-refractivity contribution in [3.8, 4) is 0 Å². The lowest BCUT2D eigenvalue weighted by Crippen LogP contribution is -2.21. The van der Waals surface area contributed by atoms with Gasteiger partial charge in [0.15, 0.2) is 0 Å². The Balaban J connectivity index is 2.31. The van der Waals surface area contributed by atoms with Gasteiger partial charge in [0.2, 0.25) is 0 Å². The fourth-order valence-electron chi connectivity index (χ4n) is 1.25. The molecule has 0 amide bonds. The normalized spacial score (nSPS) is 10.6. The summed E-state index contributed by atoms with van der Waals surface area (Å²) in [6.45, 7) is 2.55. The van der Waals surface area contributed by atoms with E-state index in [1.807, 2.05) is 18.2 Å². The summed E-state index contributed by atoms with van der Waals surface area (Å²) in [4.78, 5) is 0. The number of hydrogen-bond acceptors (Lipinski definition) is 2. The predicted octanol–water partition coefficient (Wildman–Crippen LogP) is 2.88. The van der Waals surface area contributed by atoms with Crippen molar-refractivity contribution in [3.05, 3.63) is 33.3 Å². The highest BCUT2D eigenvalue weighted by Crippen LogP contribution is 2.21. The molecule has 84 valence electrons. The molecule has 1 rings (SSSR count). The minimum absolute atomic E-state index is 0.744. The lowest BCUT2D eigenvalue weighted by molar-refractivity contribution is 0.199. The Bertz CT molecular complexity index is 307. The van der Waals surface area contributed by atoms with Crippen LogP contribution in [0.1, 0.15) is 5.56 Å². The van der Waals surface area contributed by atoms with Gasteiger partial charge in [0.25, 0.3) is 0 Å². The van der Waals surface area contributed by atoms with Gasteiger partial charge in [0.1, 0.15) is 0 Å². The maximum atomic E-state index is 6.09. The number of benzene rings is 1. The first-order valence-electron chi connectivity index (χ1n) is 4.87. The molecule has 0 saturated heterocycles. The standard InChI is InChI=1S/C11H15BrClNO/c1-15-7-6-14-5-4-9-2-3-10(12)8-11(9)13/h2-3,8,14H,4-7H2,1H3. The smallest absolute Gasteiger partial charge is 0.0587 e. The monoisotopic (exact) mass is 291 g/mol. The third kappa shape index (κ3) is 4.98. The zero-order chi connectivity index (χ0) is 11.1. The van der Waals surface area contributed by atoms with Crippen LogP contribution in [-0.4, -0.2) is 26.8 Å². The summed E-state index contributed by atoms with van der Waals surface area (Å²) < 4.78 is 5.96. The van der Waals surface area contributed by atoms with Crippen LogP contribution in [0.15, 0.2) is 22.7 Å². The average Bonchev–Trinajstić information content (AvgIpc) is 2.20. The van der Waals surface area contributed by atoms with E-state index in [0.29, 0.717) is 0 Å². The fourth-order valence-corrected chi connectivity index (χ4v) is 2.01. The molecule has 0 fully saturated rings. The molecule has 2 nitrogen and oxygen atoms in total. The topological polar surface area (TPSA) is 21.3 Å². The van der Waals surface area contributed by atoms with Crippen LogP contribution < -0.4 is 5.32 Å². The van der Waals surface area contributed by atoms with E-state index in [0.717, 1.165) is 35.6 Å². The SMILES string of the molecule is COCCNCCc1ccc(Br)cc1Cl. The second-order valence-corrected chi connectivity index (χ2v) is 4.55. The van der Waals surface area contributed by atoms with Crippen LogP contribution in [0.4, 0.5) is 0 Å². The summed E-state index contributed by atoms with van der Waals surface area (Å²) in [5.41, 5.74) is 1.17. The molecule has 0 spiro atoms. The predicted molar refractivity (Wildman–Crippen MR) is 67.6 cm³/mol. The van der Waals surface area contributed by atoms with Crippen LogP contribution in [0.3, 0.4) is 0 Å². The molecule has 4 heteroatoms. The van der Waals surface area contributed by atoms with E-state index in [9.17, 15) is 0 Å². The summed E-state index contributed by atoms with van der Waals surface area (Å²) in [7, 11) is 1.70. The van der Waals surface area contributed by atoms with E-state index in [1.54, 1.807) is 7.11 Å². The Morgan fingerprint density at radius 2 is 2.20 bits per heavy atom. The van der Waals surface area contributed by atoms with Gasteiger partial charge in [-0.3, -0.25) is 0 Å². The maximum Gasteiger partial charge on any atom is 0.0587 e. The lowest BCUT2D eigenvalue weighted by atomic mass is 10.1. The highest BCUT2D eigenvalue weighted by atomic mass is 79.9. The number of rotatable bonds is 6. The third-order valence-corrected chi connectivity index (χ3v) is 2.91. The van der Waals surface area contributed by atoms with Crippen molar-refractivity contribution in [1.29, 1.82) is 0 Å². The Kier molecular flexibility index (Phi) is 6.25. The van der Waals surface area contributed by atoms with Gasteiger partial charge < -0.3 is 10.1 Å². The largest absolute Gasteiger partial charge is 0.383 e. The summed E-state index contributed by atoms with van der Waals surface area (Å²) in [5.74, 6) is 0. The second-order valence-electron chi connectivity index (χ2n) is 3.23. The number of ether oxygens (including phenoxy) is 1. The van der Waals surface area contributed by atoms with Crippen molar-refractivity contribution in [2.75, 3.05) is 26.8 Å². The highest BCUT2D eigenvalue weighted by molar-refractivity contribution is 9.10. The van der Waals surface area contributed by atoms with Crippen LogP contribution in [-0.2, 0) is 11.2 Å². The molecule has 0 unspecified atom stereocenters. The van der Waals surface area contributed by atoms with Crippen molar-refractivity contribution < 1.29 is 4.74 Å². The van der Waals surface area contributed by atoms with Gasteiger partial charge in [-0.25, -0.2) is 0 Å². The minimum atomic E-state index is 0.744. The van der Waals surface area contributed by atoms with Gasteiger partial charge in [-0.05, 0) is 30.7 Å². The van der Waals surface area contributed by atoms with Crippen molar-refractivity contribution in [2.24, 2.45) is 0 Å². The molecule has 0 aromatic heterocycles. The molecule has 1 aromatic carbocycles. The van der Waals surface area contributed by atoms with E-state index in [4.69, 9.17) is 16.3 Å². The molecule has 0 radical (unpaired) electrons. The Morgan fingerprint density at radius 3 is 2.87 bits per heavy atom. The van der Waals surface area contributed by atoms with Crippen molar-refractivity contribution in [3.63, 3.8) is 0 Å². The molecule has 0 bridgehead atoms. The molecule has 1 N–H and O–H groups in total. The molecule has 0 aliphatic carbocycles. The summed E-state index contributed by atoms with van der Waals surface area (Å²) in [6, 6.07) is 5.98. The molecule has 0 heterocycles. The van der Waals surface area contributed by atoms with Gasteiger partial charge in [0.05, 0.1) is 6.61 Å². The minimum Gasteiger partial charge on any atom is -0.383 e. The number of hydrogen-bond donors (Lipinski definition) is 1. The van der Waals surface area contributed by atoms with Crippen LogP contribution >= 0.6 is 27.5 Å². The molecular weight excluding hydrogens is 277 g/mol. The van der Waals surface area contributed by atoms with E-state index in [2.05, 4.69) is 21.2 Å². The Morgan fingerprint density at radius 1 is 1.40 bits per heavy atom. The van der Waals surface area contributed by atoms with Crippen molar-refractivity contribution >= 4 is 27.5 Å². The maximum absolute atomic E-state index is 6.09. The van der Waals surface area contributed by atoms with Gasteiger partial charge in [0, 0.05) is 23.1 Å². The summed E-state index contributed by atoms with van der Waals surface area (Å²) in [5, 5.41) is 4.10. The zero-order valence-electron chi connectivity index (χ0n) is 8.72. The first-order chi connectivity index (χ1) is 7.24. The zero-order valence-corrected chi connectivity index (χ0v) is 11.1. The van der Waals surface area contributed by atoms with Gasteiger partial charge in [-0.1, -0.05) is 33.6 Å². The van der Waals surface area contributed by atoms with Crippen LogP contribution in [0.5, 0.6) is 0 Å². The van der Waals surface area contributed by atoms with E-state index < -0.39 is 0 Å². The molecule has 0 aliphatic rings. The molecule has 0 aliphatic heterocycles. The van der Waals surface area contributed by atoms with Gasteiger partial charge >= 0.3 is 0 Å². The lowest BCUT2D eigenvalue weighted by Gasteiger charge is -2.06. The first-order valence-corrected chi connectivity index (χ1v) is 6.04. The Labute approximate surface area is 104 Å². The Hall–Kier alpha value is -0.0900. The highest BCUT2D eigenvalue weighted by Gasteiger charge is 2.00. The van der Waals surface area contributed by atoms with Crippen LogP contribution in [0, 0.1) is 0 Å². The number of halogens is 2. The van der Waals surface area contributed by atoms with Gasteiger partial charge in [-0.15, -0.1) is 0 Å². The molecule has 1 aromatic rings. The van der Waals surface area contributed by atoms with E-state index in [-0.39, 0.29) is 0 Å². The third-order valence-electron chi connectivity index (χ3n) is 2.07. The van der Waals surface area contributed by atoms with Crippen LogP contribution in [0.25, 0.3) is 0 Å².